The maximum Gasteiger partial charge on any atom is 0.451 e. The standard InChI is InChI=1S/C24H33BN2O4.2ClH/c26-24(23(28)29,14-6-7-15-25(30)31)21-12-16-27(17-13-21)18-20-10-4-5-11-22(20)19-8-2-1-3-9-19;;/h1-5,8-11,21,30-31H,6-7,12-18,26H2,(H,28,29);2*1H. The van der Waals surface area contributed by atoms with E-state index in [1.54, 1.807) is 0 Å². The molecule has 0 radical (unpaired) electrons. The van der Waals surface area contributed by atoms with Gasteiger partial charge in [0.2, 0.25) is 0 Å². The molecule has 2 aromatic carbocycles. The van der Waals surface area contributed by atoms with Crippen LogP contribution >= 0.6 is 24.8 Å². The number of unbranched alkanes of at least 4 members (excludes halogenated alkanes) is 1. The Morgan fingerprint density at radius 1 is 1.00 bits per heavy atom. The van der Waals surface area contributed by atoms with Gasteiger partial charge in [0.15, 0.2) is 0 Å². The minimum Gasteiger partial charge on any atom is -0.480 e. The smallest absolute Gasteiger partial charge is 0.451 e. The molecule has 5 N–H and O–H groups in total. The summed E-state index contributed by atoms with van der Waals surface area (Å²) in [7, 11) is -1.35. The molecular formula is C24H35BCl2N2O4. The first-order valence-corrected chi connectivity index (χ1v) is 11.1. The van der Waals surface area contributed by atoms with Gasteiger partial charge in [0.25, 0.3) is 0 Å². The molecule has 0 spiro atoms. The summed E-state index contributed by atoms with van der Waals surface area (Å²) in [5.74, 6) is -1.03. The number of benzene rings is 2. The highest BCUT2D eigenvalue weighted by Crippen LogP contribution is 2.33. The fourth-order valence-corrected chi connectivity index (χ4v) is 4.63. The van der Waals surface area contributed by atoms with Crippen molar-refractivity contribution in [3.63, 3.8) is 0 Å². The van der Waals surface area contributed by atoms with Crippen LogP contribution in [0.15, 0.2) is 54.6 Å². The summed E-state index contributed by atoms with van der Waals surface area (Å²) < 4.78 is 0. The number of halogens is 2. The Morgan fingerprint density at radius 2 is 1.61 bits per heavy atom. The molecule has 1 unspecified atom stereocenters. The summed E-state index contributed by atoms with van der Waals surface area (Å²) in [6.07, 6.45) is 3.23. The molecule has 6 nitrogen and oxygen atoms in total. The Balaban J connectivity index is 0.00000272. The number of carbonyl (C=O) groups is 1. The van der Waals surface area contributed by atoms with Crippen LogP contribution in [0.3, 0.4) is 0 Å². The van der Waals surface area contributed by atoms with Crippen LogP contribution in [0.1, 0.15) is 37.7 Å². The number of nitrogens with two attached hydrogens (primary N) is 1. The predicted molar refractivity (Wildman–Crippen MR) is 138 cm³/mol. The number of rotatable bonds is 10. The summed E-state index contributed by atoms with van der Waals surface area (Å²) in [6, 6.07) is 18.8. The molecule has 1 aliphatic heterocycles. The fraction of sp³-hybridized carbons (Fsp3) is 0.458. The topological polar surface area (TPSA) is 107 Å². The van der Waals surface area contributed by atoms with E-state index in [-0.39, 0.29) is 37.1 Å². The minimum absolute atomic E-state index is 0. The molecule has 9 heteroatoms. The Hall–Kier alpha value is -1.61. The highest BCUT2D eigenvalue weighted by molar-refractivity contribution is 6.40. The predicted octanol–water partition coefficient (Wildman–Crippen LogP) is 3.83. The average Bonchev–Trinajstić information content (AvgIpc) is 2.78. The lowest BCUT2D eigenvalue weighted by atomic mass is 9.74. The Kier molecular flexibility index (Phi) is 12.4. The van der Waals surface area contributed by atoms with Crippen LogP contribution in [0, 0.1) is 5.92 Å². The van der Waals surface area contributed by atoms with Gasteiger partial charge in [-0.25, -0.2) is 0 Å². The Labute approximate surface area is 209 Å². The number of hydrogen-bond donors (Lipinski definition) is 4. The van der Waals surface area contributed by atoms with E-state index in [4.69, 9.17) is 15.8 Å². The van der Waals surface area contributed by atoms with Gasteiger partial charge in [-0.3, -0.25) is 9.69 Å². The fourth-order valence-electron chi connectivity index (χ4n) is 4.63. The van der Waals surface area contributed by atoms with Crippen molar-refractivity contribution in [3.05, 3.63) is 60.2 Å². The Morgan fingerprint density at radius 3 is 2.21 bits per heavy atom. The molecule has 0 bridgehead atoms. The van der Waals surface area contributed by atoms with Crippen LogP contribution in [0.25, 0.3) is 11.1 Å². The third-order valence-electron chi connectivity index (χ3n) is 6.51. The molecule has 1 heterocycles. The van der Waals surface area contributed by atoms with E-state index < -0.39 is 18.6 Å². The zero-order valence-corrected chi connectivity index (χ0v) is 20.4. The van der Waals surface area contributed by atoms with E-state index in [2.05, 4.69) is 41.3 Å². The van der Waals surface area contributed by atoms with E-state index >= 15 is 0 Å². The van der Waals surface area contributed by atoms with Gasteiger partial charge in [-0.2, -0.15) is 0 Å². The van der Waals surface area contributed by atoms with Crippen molar-refractivity contribution in [2.24, 2.45) is 11.7 Å². The first-order chi connectivity index (χ1) is 14.9. The van der Waals surface area contributed by atoms with Gasteiger partial charge in [0.1, 0.15) is 5.54 Å². The van der Waals surface area contributed by atoms with Crippen molar-refractivity contribution >= 4 is 37.9 Å². The van der Waals surface area contributed by atoms with Gasteiger partial charge in [0.05, 0.1) is 0 Å². The average molecular weight is 497 g/mol. The number of piperidine rings is 1. The molecule has 1 aliphatic rings. The Bertz CT molecular complexity index is 851. The van der Waals surface area contributed by atoms with Gasteiger partial charge in [-0.1, -0.05) is 67.4 Å². The van der Waals surface area contributed by atoms with E-state index in [9.17, 15) is 9.90 Å². The summed E-state index contributed by atoms with van der Waals surface area (Å²) in [5.41, 5.74) is 8.84. The minimum atomic E-state index is -1.35. The largest absolute Gasteiger partial charge is 0.480 e. The van der Waals surface area contributed by atoms with Crippen LogP contribution < -0.4 is 5.73 Å². The zero-order chi connectivity index (χ0) is 22.3. The molecule has 0 amide bonds. The molecular weight excluding hydrogens is 462 g/mol. The van der Waals surface area contributed by atoms with Crippen molar-refractivity contribution in [1.82, 2.24) is 4.90 Å². The molecule has 1 fully saturated rings. The monoisotopic (exact) mass is 496 g/mol. The van der Waals surface area contributed by atoms with E-state index in [0.717, 1.165) is 32.5 Å². The summed E-state index contributed by atoms with van der Waals surface area (Å²) >= 11 is 0. The van der Waals surface area contributed by atoms with Crippen molar-refractivity contribution in [2.45, 2.75) is 50.5 Å². The van der Waals surface area contributed by atoms with Crippen LogP contribution in [-0.2, 0) is 11.3 Å². The highest BCUT2D eigenvalue weighted by Gasteiger charge is 2.42. The quantitative estimate of drug-likeness (QED) is 0.294. The number of nitrogens with zero attached hydrogens (tertiary/aromatic N) is 1. The molecule has 33 heavy (non-hydrogen) atoms. The van der Waals surface area contributed by atoms with Gasteiger partial charge in [-0.15, -0.1) is 24.8 Å². The lowest BCUT2D eigenvalue weighted by molar-refractivity contribution is -0.147. The molecule has 0 aromatic heterocycles. The number of likely N-dealkylation sites (tertiary alicyclic amines) is 1. The number of carboxylic acids is 1. The maximum absolute atomic E-state index is 12.0. The van der Waals surface area contributed by atoms with Gasteiger partial charge in [-0.05, 0) is 61.3 Å². The van der Waals surface area contributed by atoms with Crippen molar-refractivity contribution in [1.29, 1.82) is 0 Å². The normalized spacial score (nSPS) is 16.2. The van der Waals surface area contributed by atoms with Crippen molar-refractivity contribution in [3.8, 4) is 11.1 Å². The molecule has 1 saturated heterocycles. The lowest BCUT2D eigenvalue weighted by Gasteiger charge is -2.40. The van der Waals surface area contributed by atoms with Crippen LogP contribution in [0.5, 0.6) is 0 Å². The number of carboxylic acid groups (broad SMARTS) is 1. The second-order valence-electron chi connectivity index (χ2n) is 8.65. The van der Waals surface area contributed by atoms with Crippen molar-refractivity contribution in [2.75, 3.05) is 13.1 Å². The van der Waals surface area contributed by atoms with Gasteiger partial charge < -0.3 is 20.9 Å². The highest BCUT2D eigenvalue weighted by atomic mass is 35.5. The summed E-state index contributed by atoms with van der Waals surface area (Å²) in [5, 5.41) is 27.8. The molecule has 0 aliphatic carbocycles. The third-order valence-corrected chi connectivity index (χ3v) is 6.51. The number of hydrogen-bond acceptors (Lipinski definition) is 5. The third kappa shape index (κ3) is 7.99. The van der Waals surface area contributed by atoms with Crippen LogP contribution in [-0.4, -0.2) is 51.8 Å². The van der Waals surface area contributed by atoms with Gasteiger partial charge in [0, 0.05) is 6.54 Å². The molecule has 1 atom stereocenters. The molecule has 182 valence electrons. The van der Waals surface area contributed by atoms with Crippen molar-refractivity contribution < 1.29 is 19.9 Å². The second kappa shape index (κ2) is 13.9. The zero-order valence-electron chi connectivity index (χ0n) is 18.8. The number of aliphatic carboxylic acids is 1. The van der Waals surface area contributed by atoms with Crippen LogP contribution in [0.2, 0.25) is 6.32 Å². The first-order valence-electron chi connectivity index (χ1n) is 11.1. The molecule has 3 rings (SSSR count). The summed E-state index contributed by atoms with van der Waals surface area (Å²) in [6.45, 7) is 2.46. The lowest BCUT2D eigenvalue weighted by Crippen LogP contribution is -2.56. The van der Waals surface area contributed by atoms with Gasteiger partial charge >= 0.3 is 13.1 Å². The van der Waals surface area contributed by atoms with E-state index in [1.165, 1.54) is 16.7 Å². The molecule has 0 saturated carbocycles. The van der Waals surface area contributed by atoms with E-state index in [1.807, 2.05) is 18.2 Å². The van der Waals surface area contributed by atoms with E-state index in [0.29, 0.717) is 19.3 Å². The maximum atomic E-state index is 12.0. The molecule has 2 aromatic rings. The summed E-state index contributed by atoms with van der Waals surface area (Å²) in [4.78, 5) is 14.4. The first kappa shape index (κ1) is 29.4. The van der Waals surface area contributed by atoms with Crippen LogP contribution in [0.4, 0.5) is 0 Å². The second-order valence-corrected chi connectivity index (χ2v) is 8.65. The SMILES string of the molecule is Cl.Cl.NC(CCCCB(O)O)(C(=O)O)C1CCN(Cc2ccccc2-c2ccccc2)CC1.